The van der Waals surface area contributed by atoms with Crippen molar-refractivity contribution in [1.82, 2.24) is 14.9 Å². The van der Waals surface area contributed by atoms with Crippen LogP contribution in [0.25, 0.3) is 11.1 Å². The maximum Gasteiger partial charge on any atom is 0.228 e. The first-order valence-corrected chi connectivity index (χ1v) is 12.4. The number of fused-ring (bicyclic) bond motifs is 2. The van der Waals surface area contributed by atoms with Crippen molar-refractivity contribution in [2.45, 2.75) is 65.5 Å². The Morgan fingerprint density at radius 1 is 1.18 bits per heavy atom. The van der Waals surface area contributed by atoms with Crippen LogP contribution in [0.4, 0.5) is 5.82 Å². The zero-order valence-corrected chi connectivity index (χ0v) is 20.6. The molecule has 2 aliphatic carbocycles. The Balaban J connectivity index is 1.31. The summed E-state index contributed by atoms with van der Waals surface area (Å²) < 4.78 is 2.08. The van der Waals surface area contributed by atoms with E-state index in [1.807, 2.05) is 12.1 Å². The molecule has 2 saturated carbocycles. The summed E-state index contributed by atoms with van der Waals surface area (Å²) in [4.78, 5) is 28.8. The molecule has 1 aliphatic heterocycles. The summed E-state index contributed by atoms with van der Waals surface area (Å²) >= 11 is 6.54. The molecule has 3 heterocycles. The minimum absolute atomic E-state index is 0.00722. The fourth-order valence-electron chi connectivity index (χ4n) is 6.40. The lowest BCUT2D eigenvalue weighted by Crippen LogP contribution is -2.31. The average molecular weight is 480 g/mol. The number of hydrogen-bond acceptors (Lipinski definition) is 4. The second kappa shape index (κ2) is 8.42. The van der Waals surface area contributed by atoms with Crippen molar-refractivity contribution in [3.63, 3.8) is 0 Å². The Morgan fingerprint density at radius 3 is 2.53 bits per heavy atom. The predicted molar refractivity (Wildman–Crippen MR) is 130 cm³/mol. The molecular formula is C26H30ClN5O2. The number of nitriles is 1. The fraction of sp³-hybridized carbons (Fsp3) is 0.538. The second-order valence-corrected chi connectivity index (χ2v) is 11.4. The lowest BCUT2D eigenvalue weighted by atomic mass is 9.89. The first kappa shape index (κ1) is 22.9. The summed E-state index contributed by atoms with van der Waals surface area (Å²) in [5.41, 5.74) is 3.53. The molecule has 8 heteroatoms. The standard InChI is InChI=1S/C26H30ClN5O2/c1-14(33)30-18-6-15-4-17(5-16(15)7-18)25(34)31-24-9-20(22(27)12-29-24)21-8-19(11-28)32-13-26(2,3)10-23(21)32/h8-9,12,15-18H,4-7,10,13H2,1-3H3,(H,30,33)(H,29,31,34)/t15-,16+,17+,18+. The number of anilines is 1. The zero-order valence-electron chi connectivity index (χ0n) is 19.8. The van der Waals surface area contributed by atoms with Gasteiger partial charge in [0, 0.05) is 48.4 Å². The van der Waals surface area contributed by atoms with Crippen LogP contribution in [-0.2, 0) is 22.6 Å². The van der Waals surface area contributed by atoms with Gasteiger partial charge in [0.05, 0.1) is 5.02 Å². The summed E-state index contributed by atoms with van der Waals surface area (Å²) in [6, 6.07) is 6.26. The number of carbonyl (C=O) groups is 2. The van der Waals surface area contributed by atoms with Gasteiger partial charge in [-0.2, -0.15) is 5.26 Å². The highest BCUT2D eigenvalue weighted by Crippen LogP contribution is 2.47. The van der Waals surface area contributed by atoms with E-state index in [0.29, 0.717) is 28.4 Å². The second-order valence-electron chi connectivity index (χ2n) is 11.0. The molecule has 2 aromatic rings. The summed E-state index contributed by atoms with van der Waals surface area (Å²) in [5.74, 6) is 1.42. The number of nitrogens with zero attached hydrogens (tertiary/aromatic N) is 3. The van der Waals surface area contributed by atoms with Gasteiger partial charge in [-0.25, -0.2) is 4.98 Å². The van der Waals surface area contributed by atoms with Crippen LogP contribution in [0.1, 0.15) is 57.8 Å². The first-order chi connectivity index (χ1) is 16.1. The largest absolute Gasteiger partial charge is 0.354 e. The average Bonchev–Trinajstić information content (AvgIpc) is 3.47. The van der Waals surface area contributed by atoms with Crippen molar-refractivity contribution in [3.8, 4) is 17.2 Å². The molecule has 0 spiro atoms. The van der Waals surface area contributed by atoms with Gasteiger partial charge < -0.3 is 15.2 Å². The van der Waals surface area contributed by atoms with E-state index in [0.717, 1.165) is 55.5 Å². The lowest BCUT2D eigenvalue weighted by Gasteiger charge is -2.16. The van der Waals surface area contributed by atoms with Gasteiger partial charge in [0.25, 0.3) is 0 Å². The molecule has 5 rings (SSSR count). The molecule has 34 heavy (non-hydrogen) atoms. The molecule has 178 valence electrons. The SMILES string of the molecule is CC(=O)N[C@@H]1C[C@@H]2C[C@@H](C(=O)Nc3cc(-c4cc(C#N)n5c4CC(C)(C)C5)c(Cl)cn3)C[C@@H]2C1. The van der Waals surface area contributed by atoms with Crippen molar-refractivity contribution in [2.75, 3.05) is 5.32 Å². The molecule has 0 radical (unpaired) electrons. The van der Waals surface area contributed by atoms with E-state index >= 15 is 0 Å². The van der Waals surface area contributed by atoms with E-state index < -0.39 is 0 Å². The predicted octanol–water partition coefficient (Wildman–Crippen LogP) is 4.54. The molecule has 2 N–H and O–H groups in total. The van der Waals surface area contributed by atoms with Gasteiger partial charge in [0.15, 0.2) is 0 Å². The number of rotatable bonds is 4. The van der Waals surface area contributed by atoms with Crippen LogP contribution in [0.3, 0.4) is 0 Å². The molecule has 0 aromatic carbocycles. The Bertz CT molecular complexity index is 1200. The van der Waals surface area contributed by atoms with Crippen molar-refractivity contribution >= 4 is 29.2 Å². The van der Waals surface area contributed by atoms with Crippen LogP contribution in [-0.4, -0.2) is 27.4 Å². The van der Waals surface area contributed by atoms with E-state index in [1.165, 1.54) is 0 Å². The Hall–Kier alpha value is -2.85. The number of halogens is 1. The molecule has 0 unspecified atom stereocenters. The monoisotopic (exact) mass is 479 g/mol. The highest BCUT2D eigenvalue weighted by atomic mass is 35.5. The maximum absolute atomic E-state index is 13.1. The van der Waals surface area contributed by atoms with Gasteiger partial charge in [-0.15, -0.1) is 0 Å². The van der Waals surface area contributed by atoms with Crippen LogP contribution in [0.15, 0.2) is 18.3 Å². The topological polar surface area (TPSA) is 99.8 Å². The molecule has 0 saturated heterocycles. The Labute approximate surface area is 204 Å². The molecule has 2 amide bonds. The van der Waals surface area contributed by atoms with Gasteiger partial charge >= 0.3 is 0 Å². The van der Waals surface area contributed by atoms with Gasteiger partial charge in [-0.3, -0.25) is 9.59 Å². The van der Waals surface area contributed by atoms with Crippen molar-refractivity contribution in [3.05, 3.63) is 34.7 Å². The highest BCUT2D eigenvalue weighted by Gasteiger charge is 2.44. The van der Waals surface area contributed by atoms with E-state index in [4.69, 9.17) is 11.6 Å². The van der Waals surface area contributed by atoms with Crippen LogP contribution in [0.2, 0.25) is 5.02 Å². The Morgan fingerprint density at radius 2 is 1.88 bits per heavy atom. The van der Waals surface area contributed by atoms with Crippen LogP contribution in [0, 0.1) is 34.5 Å². The third-order valence-electron chi connectivity index (χ3n) is 7.75. The Kier molecular flexibility index (Phi) is 5.68. The lowest BCUT2D eigenvalue weighted by molar-refractivity contribution is -0.121. The van der Waals surface area contributed by atoms with E-state index in [1.54, 1.807) is 13.1 Å². The number of amides is 2. The molecule has 2 fully saturated rings. The number of hydrogen-bond donors (Lipinski definition) is 2. The van der Waals surface area contributed by atoms with Crippen LogP contribution < -0.4 is 10.6 Å². The van der Waals surface area contributed by atoms with Gasteiger partial charge in [0.1, 0.15) is 17.6 Å². The van der Waals surface area contributed by atoms with Crippen molar-refractivity contribution < 1.29 is 9.59 Å². The third-order valence-corrected chi connectivity index (χ3v) is 8.05. The number of aromatic nitrogens is 2. The fourth-order valence-corrected chi connectivity index (χ4v) is 6.61. The zero-order chi connectivity index (χ0) is 24.2. The number of nitrogens with one attached hydrogen (secondary N) is 2. The smallest absolute Gasteiger partial charge is 0.228 e. The van der Waals surface area contributed by atoms with Crippen molar-refractivity contribution in [2.24, 2.45) is 23.2 Å². The summed E-state index contributed by atoms with van der Waals surface area (Å²) in [7, 11) is 0. The van der Waals surface area contributed by atoms with E-state index in [2.05, 4.69) is 40.1 Å². The molecule has 7 nitrogen and oxygen atoms in total. The van der Waals surface area contributed by atoms with E-state index in [-0.39, 0.29) is 29.2 Å². The summed E-state index contributed by atoms with van der Waals surface area (Å²) in [6.07, 6.45) is 6.03. The molecule has 3 aliphatic rings. The molecular weight excluding hydrogens is 450 g/mol. The highest BCUT2D eigenvalue weighted by molar-refractivity contribution is 6.33. The van der Waals surface area contributed by atoms with E-state index in [9.17, 15) is 14.9 Å². The van der Waals surface area contributed by atoms with Crippen LogP contribution >= 0.6 is 11.6 Å². The van der Waals surface area contributed by atoms with Gasteiger partial charge in [-0.1, -0.05) is 25.4 Å². The third kappa shape index (κ3) is 4.20. The van der Waals surface area contributed by atoms with Gasteiger partial charge in [-0.05, 0) is 61.5 Å². The summed E-state index contributed by atoms with van der Waals surface area (Å²) in [5, 5.41) is 16.2. The minimum atomic E-state index is -0.0427. The quantitative estimate of drug-likeness (QED) is 0.672. The molecule has 0 bridgehead atoms. The number of carbonyl (C=O) groups excluding carboxylic acids is 2. The summed E-state index contributed by atoms with van der Waals surface area (Å²) in [6.45, 7) is 6.74. The number of pyridine rings is 1. The molecule has 4 atom stereocenters. The van der Waals surface area contributed by atoms with Gasteiger partial charge in [0.2, 0.25) is 11.8 Å². The van der Waals surface area contributed by atoms with Crippen LogP contribution in [0.5, 0.6) is 0 Å². The minimum Gasteiger partial charge on any atom is -0.354 e. The molecule has 2 aromatic heterocycles. The normalized spacial score (nSPS) is 26.6. The van der Waals surface area contributed by atoms with Crippen molar-refractivity contribution in [1.29, 1.82) is 5.26 Å². The first-order valence-electron chi connectivity index (χ1n) is 12.0. The maximum atomic E-state index is 13.1.